The molecule has 4 heterocycles. The minimum atomic E-state index is -4.44. The van der Waals surface area contributed by atoms with Gasteiger partial charge in [0, 0.05) is 31.2 Å². The molecule has 0 atom stereocenters. The Balaban J connectivity index is 1.44. The molecular formula is C24H20F3N5O. The van der Waals surface area contributed by atoms with E-state index < -0.39 is 11.7 Å². The van der Waals surface area contributed by atoms with Gasteiger partial charge in [-0.25, -0.2) is 4.98 Å². The van der Waals surface area contributed by atoms with Gasteiger partial charge in [-0.05, 0) is 48.4 Å². The summed E-state index contributed by atoms with van der Waals surface area (Å²) in [6, 6.07) is 12.2. The minimum absolute atomic E-state index is 0.0913. The molecule has 1 aromatic carbocycles. The van der Waals surface area contributed by atoms with Gasteiger partial charge in [0.1, 0.15) is 11.5 Å². The number of nitrogens with zero attached hydrogens (tertiary/aromatic N) is 4. The lowest BCUT2D eigenvalue weighted by atomic mass is 10.1. The summed E-state index contributed by atoms with van der Waals surface area (Å²) in [4.78, 5) is 23.8. The number of fused-ring (bicyclic) bond motifs is 1. The van der Waals surface area contributed by atoms with E-state index in [9.17, 15) is 18.0 Å². The number of hydrogen-bond acceptors (Lipinski definition) is 4. The molecule has 168 valence electrons. The fourth-order valence-electron chi connectivity index (χ4n) is 3.87. The Morgan fingerprint density at radius 2 is 1.91 bits per heavy atom. The molecule has 9 heteroatoms. The highest BCUT2D eigenvalue weighted by molar-refractivity contribution is 6.06. The minimum Gasteiger partial charge on any atom is -0.356 e. The highest BCUT2D eigenvalue weighted by Crippen LogP contribution is 2.30. The summed E-state index contributed by atoms with van der Waals surface area (Å²) in [5.74, 6) is 0.487. The highest BCUT2D eigenvalue weighted by atomic mass is 19.4. The van der Waals surface area contributed by atoms with Crippen molar-refractivity contribution in [2.75, 3.05) is 23.3 Å². The first-order chi connectivity index (χ1) is 15.9. The van der Waals surface area contributed by atoms with Crippen LogP contribution in [-0.4, -0.2) is 33.5 Å². The number of carbonyl (C=O) groups excluding carboxylic acids is 1. The Hall–Kier alpha value is -3.88. The number of anilines is 2. The van der Waals surface area contributed by atoms with Crippen LogP contribution in [-0.2, 0) is 12.7 Å². The van der Waals surface area contributed by atoms with Gasteiger partial charge < -0.3 is 14.8 Å². The molecule has 6 nitrogen and oxygen atoms in total. The van der Waals surface area contributed by atoms with Crippen LogP contribution in [0.1, 0.15) is 28.0 Å². The van der Waals surface area contributed by atoms with Crippen LogP contribution in [0.15, 0.2) is 67.1 Å². The zero-order chi connectivity index (χ0) is 23.0. The standard InChI is InChI=1S/C24H20F3N5O/c25-24(26,27)18-4-1-3-16(11-18)15-32-20(12-17-7-8-28-14-21(17)32)23(33)30-19-5-6-22(29-13-19)31-9-2-10-31/h1,3-8,11-14H,2,9-10,15H2,(H,30,33). The maximum Gasteiger partial charge on any atom is 0.416 e. The van der Waals surface area contributed by atoms with Crippen LogP contribution in [0, 0.1) is 0 Å². The third kappa shape index (κ3) is 4.26. The Bertz CT molecular complexity index is 1310. The van der Waals surface area contributed by atoms with Crippen molar-refractivity contribution in [2.24, 2.45) is 0 Å². The van der Waals surface area contributed by atoms with Crippen LogP contribution in [0.4, 0.5) is 24.7 Å². The first kappa shape index (κ1) is 21.0. The normalized spacial score (nSPS) is 13.7. The number of halogens is 3. The summed E-state index contributed by atoms with van der Waals surface area (Å²) < 4.78 is 41.2. The molecule has 0 saturated carbocycles. The van der Waals surface area contributed by atoms with Crippen molar-refractivity contribution in [3.05, 3.63) is 83.9 Å². The summed E-state index contributed by atoms with van der Waals surface area (Å²) in [5.41, 5.74) is 1.22. The zero-order valence-electron chi connectivity index (χ0n) is 17.5. The van der Waals surface area contributed by atoms with Crippen LogP contribution in [0.5, 0.6) is 0 Å². The number of nitrogens with one attached hydrogen (secondary N) is 1. The molecule has 1 aliphatic rings. The predicted molar refractivity (Wildman–Crippen MR) is 119 cm³/mol. The Kier molecular flexibility index (Phi) is 5.24. The van der Waals surface area contributed by atoms with Crippen LogP contribution >= 0.6 is 0 Å². The number of pyridine rings is 2. The second-order valence-corrected chi connectivity index (χ2v) is 7.95. The van der Waals surface area contributed by atoms with Crippen molar-refractivity contribution >= 4 is 28.3 Å². The summed E-state index contributed by atoms with van der Waals surface area (Å²) in [6.07, 6.45) is 1.52. The fraction of sp³-hybridized carbons (Fsp3) is 0.208. The van der Waals surface area contributed by atoms with Crippen molar-refractivity contribution in [1.82, 2.24) is 14.5 Å². The molecule has 0 spiro atoms. The van der Waals surface area contributed by atoms with Crippen molar-refractivity contribution < 1.29 is 18.0 Å². The Labute approximate surface area is 187 Å². The van der Waals surface area contributed by atoms with Crippen LogP contribution in [0.25, 0.3) is 10.9 Å². The van der Waals surface area contributed by atoms with E-state index in [1.807, 2.05) is 6.07 Å². The largest absolute Gasteiger partial charge is 0.416 e. The molecule has 4 aromatic rings. The van der Waals surface area contributed by atoms with Gasteiger partial charge in [0.2, 0.25) is 0 Å². The van der Waals surface area contributed by atoms with Gasteiger partial charge in [0.05, 0.1) is 29.2 Å². The topological polar surface area (TPSA) is 63.1 Å². The molecule has 5 rings (SSSR count). The summed E-state index contributed by atoms with van der Waals surface area (Å²) in [7, 11) is 0. The predicted octanol–water partition coefficient (Wildman–Crippen LogP) is 4.96. The molecule has 1 fully saturated rings. The fourth-order valence-corrected chi connectivity index (χ4v) is 3.87. The van der Waals surface area contributed by atoms with Gasteiger partial charge in [-0.2, -0.15) is 13.2 Å². The second-order valence-electron chi connectivity index (χ2n) is 7.95. The third-order valence-corrected chi connectivity index (χ3v) is 5.72. The van der Waals surface area contributed by atoms with E-state index in [0.717, 1.165) is 42.8 Å². The number of alkyl halides is 3. The van der Waals surface area contributed by atoms with E-state index in [1.165, 1.54) is 6.07 Å². The molecule has 0 aliphatic carbocycles. The molecule has 1 amide bonds. The van der Waals surface area contributed by atoms with E-state index in [1.54, 1.807) is 47.4 Å². The van der Waals surface area contributed by atoms with Crippen LogP contribution in [0.2, 0.25) is 0 Å². The van der Waals surface area contributed by atoms with Crippen LogP contribution < -0.4 is 10.2 Å². The smallest absolute Gasteiger partial charge is 0.356 e. The second kappa shape index (κ2) is 8.23. The average Bonchev–Trinajstić information content (AvgIpc) is 3.12. The lowest BCUT2D eigenvalue weighted by Crippen LogP contribution is -2.37. The van der Waals surface area contributed by atoms with E-state index in [4.69, 9.17) is 0 Å². The highest BCUT2D eigenvalue weighted by Gasteiger charge is 2.30. The number of rotatable bonds is 5. The molecule has 1 saturated heterocycles. The third-order valence-electron chi connectivity index (χ3n) is 5.72. The number of carbonyl (C=O) groups is 1. The van der Waals surface area contributed by atoms with Gasteiger partial charge in [0.15, 0.2) is 0 Å². The Morgan fingerprint density at radius 3 is 2.61 bits per heavy atom. The molecule has 1 aliphatic heterocycles. The van der Waals surface area contributed by atoms with Gasteiger partial charge in [-0.1, -0.05) is 12.1 Å². The first-order valence-electron chi connectivity index (χ1n) is 10.5. The molecule has 0 unspecified atom stereocenters. The summed E-state index contributed by atoms with van der Waals surface area (Å²) in [5, 5.41) is 3.61. The van der Waals surface area contributed by atoms with Crippen molar-refractivity contribution in [3.63, 3.8) is 0 Å². The SMILES string of the molecule is O=C(Nc1ccc(N2CCC2)nc1)c1cc2ccncc2n1Cc1cccc(C(F)(F)F)c1. The maximum absolute atomic E-state index is 13.2. The lowest BCUT2D eigenvalue weighted by Gasteiger charge is -2.31. The van der Waals surface area contributed by atoms with E-state index in [-0.39, 0.29) is 12.5 Å². The van der Waals surface area contributed by atoms with Gasteiger partial charge in [-0.3, -0.25) is 9.78 Å². The molecule has 0 bridgehead atoms. The van der Waals surface area contributed by atoms with E-state index in [0.29, 0.717) is 22.5 Å². The first-order valence-corrected chi connectivity index (χ1v) is 10.5. The Morgan fingerprint density at radius 1 is 1.06 bits per heavy atom. The number of amides is 1. The van der Waals surface area contributed by atoms with Crippen molar-refractivity contribution in [3.8, 4) is 0 Å². The summed E-state index contributed by atoms with van der Waals surface area (Å²) in [6.45, 7) is 2.04. The van der Waals surface area contributed by atoms with Gasteiger partial charge >= 0.3 is 6.18 Å². The van der Waals surface area contributed by atoms with Crippen molar-refractivity contribution in [1.29, 1.82) is 0 Å². The zero-order valence-corrected chi connectivity index (χ0v) is 17.5. The number of benzene rings is 1. The molecule has 1 N–H and O–H groups in total. The average molecular weight is 451 g/mol. The van der Waals surface area contributed by atoms with Crippen LogP contribution in [0.3, 0.4) is 0 Å². The van der Waals surface area contributed by atoms with Crippen molar-refractivity contribution in [2.45, 2.75) is 19.1 Å². The molecule has 33 heavy (non-hydrogen) atoms. The van der Waals surface area contributed by atoms with E-state index >= 15 is 0 Å². The number of aromatic nitrogens is 3. The summed E-state index contributed by atoms with van der Waals surface area (Å²) >= 11 is 0. The maximum atomic E-state index is 13.2. The molecular weight excluding hydrogens is 431 g/mol. The van der Waals surface area contributed by atoms with Gasteiger partial charge in [-0.15, -0.1) is 0 Å². The van der Waals surface area contributed by atoms with Gasteiger partial charge in [0.25, 0.3) is 5.91 Å². The molecule has 0 radical (unpaired) electrons. The molecule has 3 aromatic heterocycles. The lowest BCUT2D eigenvalue weighted by molar-refractivity contribution is -0.137. The number of hydrogen-bond donors (Lipinski definition) is 1. The monoisotopic (exact) mass is 451 g/mol. The van der Waals surface area contributed by atoms with E-state index in [2.05, 4.69) is 20.2 Å². The quantitative estimate of drug-likeness (QED) is 0.466.